The molecule has 0 radical (unpaired) electrons. The van der Waals surface area contributed by atoms with E-state index in [1.54, 1.807) is 42.5 Å². The fourth-order valence-corrected chi connectivity index (χ4v) is 4.79. The van der Waals surface area contributed by atoms with Gasteiger partial charge in [0, 0.05) is 39.3 Å². The van der Waals surface area contributed by atoms with Gasteiger partial charge in [-0.25, -0.2) is 4.98 Å². The number of thiazole rings is 1. The van der Waals surface area contributed by atoms with Crippen LogP contribution < -0.4 is 10.2 Å². The van der Waals surface area contributed by atoms with Crippen LogP contribution in [0.5, 0.6) is 0 Å². The van der Waals surface area contributed by atoms with Crippen molar-refractivity contribution in [2.75, 3.05) is 11.4 Å². The molecule has 1 heterocycles. The fraction of sp³-hybridized carbons (Fsp3) is 0.138. The molecule has 200 valence electrons. The number of carboxylic acids is 1. The topological polar surface area (TPSA) is 82.5 Å². The van der Waals surface area contributed by atoms with Crippen molar-refractivity contribution in [3.05, 3.63) is 113 Å². The van der Waals surface area contributed by atoms with Gasteiger partial charge in [-0.1, -0.05) is 54.6 Å². The van der Waals surface area contributed by atoms with E-state index in [0.29, 0.717) is 34.0 Å². The summed E-state index contributed by atoms with van der Waals surface area (Å²) < 4.78 is 28.2. The SMILES string of the molecule is C=CC(F)(F)c1ccc(N(Cc2ccc(C(=O)NCCC(=O)O)cc2)c2nc(-c3cccc(Cl)c3)cs2)cc1. The Morgan fingerprint density at radius 2 is 1.82 bits per heavy atom. The highest BCUT2D eigenvalue weighted by Crippen LogP contribution is 2.36. The number of carbonyl (C=O) groups is 2. The lowest BCUT2D eigenvalue weighted by Crippen LogP contribution is -2.26. The molecule has 3 aromatic carbocycles. The lowest BCUT2D eigenvalue weighted by Gasteiger charge is -2.23. The van der Waals surface area contributed by atoms with E-state index < -0.39 is 11.9 Å². The fourth-order valence-electron chi connectivity index (χ4n) is 3.75. The zero-order valence-electron chi connectivity index (χ0n) is 20.6. The number of carbonyl (C=O) groups excluding carboxylic acids is 1. The van der Waals surface area contributed by atoms with Crippen LogP contribution in [0.3, 0.4) is 0 Å². The van der Waals surface area contributed by atoms with Crippen LogP contribution in [-0.2, 0) is 17.3 Å². The summed E-state index contributed by atoms with van der Waals surface area (Å²) in [4.78, 5) is 29.7. The maximum absolute atomic E-state index is 14.1. The number of hydrogen-bond donors (Lipinski definition) is 2. The lowest BCUT2D eigenvalue weighted by molar-refractivity contribution is -0.136. The predicted molar refractivity (Wildman–Crippen MR) is 150 cm³/mol. The molecule has 1 amide bonds. The maximum atomic E-state index is 14.1. The Hall–Kier alpha value is -4.08. The molecule has 0 aliphatic rings. The summed E-state index contributed by atoms with van der Waals surface area (Å²) in [5.74, 6) is -4.51. The number of halogens is 3. The van der Waals surface area contributed by atoms with Gasteiger partial charge in [0.1, 0.15) is 0 Å². The molecule has 4 aromatic rings. The molecule has 10 heteroatoms. The zero-order valence-corrected chi connectivity index (χ0v) is 22.2. The zero-order chi connectivity index (χ0) is 28.0. The molecule has 2 N–H and O–H groups in total. The van der Waals surface area contributed by atoms with Gasteiger partial charge < -0.3 is 15.3 Å². The van der Waals surface area contributed by atoms with Crippen molar-refractivity contribution in [2.45, 2.75) is 18.9 Å². The number of nitrogens with zero attached hydrogens (tertiary/aromatic N) is 2. The number of aromatic nitrogens is 1. The number of allylic oxidation sites excluding steroid dienone is 1. The minimum atomic E-state index is -3.15. The Bertz CT molecular complexity index is 1470. The van der Waals surface area contributed by atoms with E-state index in [1.807, 2.05) is 28.5 Å². The third kappa shape index (κ3) is 7.07. The summed E-state index contributed by atoms with van der Waals surface area (Å²) in [6.07, 6.45) is 0.443. The number of aliphatic carboxylic acids is 1. The molecule has 0 aliphatic carbocycles. The summed E-state index contributed by atoms with van der Waals surface area (Å²) in [5, 5.41) is 14.4. The first-order valence-electron chi connectivity index (χ1n) is 11.9. The summed E-state index contributed by atoms with van der Waals surface area (Å²) in [6, 6.07) is 20.1. The molecule has 6 nitrogen and oxygen atoms in total. The third-order valence-corrected chi connectivity index (χ3v) is 6.94. The van der Waals surface area contributed by atoms with Crippen LogP contribution in [0.25, 0.3) is 11.3 Å². The molecular formula is C29H24ClF2N3O3S. The number of anilines is 2. The van der Waals surface area contributed by atoms with E-state index in [0.717, 1.165) is 16.8 Å². The van der Waals surface area contributed by atoms with Crippen molar-refractivity contribution in [2.24, 2.45) is 0 Å². The number of hydrogen-bond acceptors (Lipinski definition) is 5. The molecule has 0 spiro atoms. The normalized spacial score (nSPS) is 11.2. The van der Waals surface area contributed by atoms with Crippen molar-refractivity contribution in [3.63, 3.8) is 0 Å². The first kappa shape index (κ1) is 27.9. The number of rotatable bonds is 11. The van der Waals surface area contributed by atoms with Gasteiger partial charge in [0.2, 0.25) is 0 Å². The minimum Gasteiger partial charge on any atom is -0.481 e. The molecule has 0 atom stereocenters. The number of nitrogens with one attached hydrogen (secondary N) is 1. The number of benzene rings is 3. The van der Waals surface area contributed by atoms with Gasteiger partial charge in [0.15, 0.2) is 5.13 Å². The van der Waals surface area contributed by atoms with Gasteiger partial charge >= 0.3 is 5.97 Å². The molecule has 0 saturated heterocycles. The first-order valence-corrected chi connectivity index (χ1v) is 13.1. The van der Waals surface area contributed by atoms with Crippen molar-refractivity contribution in [1.29, 1.82) is 0 Å². The number of amides is 1. The molecule has 4 rings (SSSR count). The second-order valence-electron chi connectivity index (χ2n) is 8.58. The van der Waals surface area contributed by atoms with E-state index in [2.05, 4.69) is 11.9 Å². The molecule has 0 unspecified atom stereocenters. The standard InChI is InChI=1S/C29H24ClF2N3O3S/c1-2-29(31,32)22-10-12-24(13-11-22)35(28-34-25(18-39-28)21-4-3-5-23(30)16-21)17-19-6-8-20(9-7-19)27(38)33-15-14-26(36)37/h2-13,16,18H,1,14-15,17H2,(H,33,38)(H,36,37). The number of carboxylic acid groups (broad SMARTS) is 1. The van der Waals surface area contributed by atoms with Crippen LogP contribution in [0.15, 0.2) is 90.8 Å². The maximum Gasteiger partial charge on any atom is 0.305 e. The van der Waals surface area contributed by atoms with Gasteiger partial charge in [-0.2, -0.15) is 8.78 Å². The van der Waals surface area contributed by atoms with E-state index >= 15 is 0 Å². The summed E-state index contributed by atoms with van der Waals surface area (Å²) in [5.41, 5.74) is 3.30. The molecule has 39 heavy (non-hydrogen) atoms. The van der Waals surface area contributed by atoms with Gasteiger partial charge in [0.25, 0.3) is 11.8 Å². The van der Waals surface area contributed by atoms with Crippen LogP contribution in [0.1, 0.15) is 27.9 Å². The predicted octanol–water partition coefficient (Wildman–Crippen LogP) is 7.28. The van der Waals surface area contributed by atoms with E-state index in [4.69, 9.17) is 21.7 Å². The average molecular weight is 568 g/mol. The van der Waals surface area contributed by atoms with Crippen LogP contribution in [0.2, 0.25) is 5.02 Å². The van der Waals surface area contributed by atoms with E-state index in [-0.39, 0.29) is 24.4 Å². The van der Waals surface area contributed by atoms with Crippen LogP contribution in [0, 0.1) is 0 Å². The summed E-state index contributed by atoms with van der Waals surface area (Å²) in [7, 11) is 0. The quantitative estimate of drug-likeness (QED) is 0.186. The van der Waals surface area contributed by atoms with Crippen LogP contribution in [-0.4, -0.2) is 28.5 Å². The van der Waals surface area contributed by atoms with Gasteiger partial charge in [0.05, 0.1) is 18.7 Å². The highest BCUT2D eigenvalue weighted by atomic mass is 35.5. The second kappa shape index (κ2) is 12.2. The third-order valence-electron chi connectivity index (χ3n) is 5.84. The Morgan fingerprint density at radius 1 is 1.10 bits per heavy atom. The summed E-state index contributed by atoms with van der Waals surface area (Å²) >= 11 is 7.55. The monoisotopic (exact) mass is 567 g/mol. The molecule has 1 aromatic heterocycles. The minimum absolute atomic E-state index is 0.0313. The molecular weight excluding hydrogens is 544 g/mol. The summed E-state index contributed by atoms with van der Waals surface area (Å²) in [6.45, 7) is 3.60. The molecule has 0 aliphatic heterocycles. The van der Waals surface area contributed by atoms with Crippen molar-refractivity contribution in [3.8, 4) is 11.3 Å². The largest absolute Gasteiger partial charge is 0.481 e. The Labute approximate surface area is 233 Å². The average Bonchev–Trinajstić information content (AvgIpc) is 3.42. The van der Waals surface area contributed by atoms with E-state index in [1.165, 1.54) is 23.5 Å². The van der Waals surface area contributed by atoms with E-state index in [9.17, 15) is 18.4 Å². The highest BCUT2D eigenvalue weighted by molar-refractivity contribution is 7.14. The van der Waals surface area contributed by atoms with Crippen molar-refractivity contribution >= 4 is 45.6 Å². The number of alkyl halides is 2. The highest BCUT2D eigenvalue weighted by Gasteiger charge is 2.27. The Kier molecular flexibility index (Phi) is 8.73. The Balaban J connectivity index is 1.61. The second-order valence-corrected chi connectivity index (χ2v) is 9.86. The van der Waals surface area contributed by atoms with Gasteiger partial charge in [-0.05, 0) is 48.0 Å². The molecule has 0 bridgehead atoms. The molecule has 0 saturated carbocycles. The van der Waals surface area contributed by atoms with Crippen LogP contribution in [0.4, 0.5) is 19.6 Å². The van der Waals surface area contributed by atoms with Crippen molar-refractivity contribution < 1.29 is 23.5 Å². The van der Waals surface area contributed by atoms with Gasteiger partial charge in [-0.3, -0.25) is 9.59 Å². The Morgan fingerprint density at radius 3 is 2.46 bits per heavy atom. The lowest BCUT2D eigenvalue weighted by atomic mass is 10.1. The first-order chi connectivity index (χ1) is 18.7. The smallest absolute Gasteiger partial charge is 0.305 e. The van der Waals surface area contributed by atoms with Gasteiger partial charge in [-0.15, -0.1) is 11.3 Å². The molecule has 0 fully saturated rings. The van der Waals surface area contributed by atoms with Crippen molar-refractivity contribution in [1.82, 2.24) is 10.3 Å². The van der Waals surface area contributed by atoms with Crippen LogP contribution >= 0.6 is 22.9 Å².